The zero-order valence-corrected chi connectivity index (χ0v) is 10.9. The molecule has 8 heteroatoms. The number of anilines is 2. The number of aromatic amines is 1. The van der Waals surface area contributed by atoms with Crippen LogP contribution in [0.5, 0.6) is 0 Å². The van der Waals surface area contributed by atoms with E-state index < -0.39 is 21.0 Å². The maximum absolute atomic E-state index is 11.9. The van der Waals surface area contributed by atoms with Gasteiger partial charge >= 0.3 is 0 Å². The van der Waals surface area contributed by atoms with Crippen LogP contribution in [-0.2, 0) is 14.6 Å². The van der Waals surface area contributed by atoms with Gasteiger partial charge < -0.3 is 11.1 Å². The van der Waals surface area contributed by atoms with Crippen molar-refractivity contribution in [2.75, 3.05) is 16.8 Å². The number of sulfone groups is 1. The smallest absolute Gasteiger partial charge is 0.243 e. The van der Waals surface area contributed by atoms with Gasteiger partial charge in [0.05, 0.1) is 17.1 Å². The van der Waals surface area contributed by atoms with Gasteiger partial charge in [0.25, 0.3) is 0 Å². The second kappa shape index (κ2) is 4.60. The van der Waals surface area contributed by atoms with Gasteiger partial charge in [-0.1, -0.05) is 6.42 Å². The van der Waals surface area contributed by atoms with E-state index in [2.05, 4.69) is 15.5 Å². The number of amides is 1. The van der Waals surface area contributed by atoms with Gasteiger partial charge in [0.15, 0.2) is 15.7 Å². The van der Waals surface area contributed by atoms with Crippen molar-refractivity contribution in [3.05, 3.63) is 5.69 Å². The molecule has 1 aliphatic heterocycles. The molecule has 0 saturated carbocycles. The lowest BCUT2D eigenvalue weighted by molar-refractivity contribution is -0.116. The Balaban J connectivity index is 2.15. The Kier molecular flexibility index (Phi) is 3.29. The van der Waals surface area contributed by atoms with E-state index in [0.29, 0.717) is 24.2 Å². The van der Waals surface area contributed by atoms with Crippen LogP contribution in [0, 0.1) is 6.92 Å². The molecular weight excluding hydrogens is 256 g/mol. The Morgan fingerprint density at radius 3 is 2.78 bits per heavy atom. The third kappa shape index (κ3) is 2.33. The number of hydrogen-bond donors (Lipinski definition) is 3. The first-order chi connectivity index (χ1) is 8.42. The number of nitrogens with zero attached hydrogens (tertiary/aromatic N) is 1. The van der Waals surface area contributed by atoms with Crippen LogP contribution in [0.25, 0.3) is 0 Å². The van der Waals surface area contributed by atoms with Crippen LogP contribution in [0.15, 0.2) is 0 Å². The molecule has 0 aromatic carbocycles. The van der Waals surface area contributed by atoms with Crippen molar-refractivity contribution >= 4 is 27.2 Å². The maximum atomic E-state index is 11.9. The summed E-state index contributed by atoms with van der Waals surface area (Å²) in [6.45, 7) is 1.72. The van der Waals surface area contributed by atoms with Crippen LogP contribution in [0.3, 0.4) is 0 Å². The van der Waals surface area contributed by atoms with Crippen molar-refractivity contribution in [1.82, 2.24) is 10.2 Å². The molecule has 1 aliphatic rings. The van der Waals surface area contributed by atoms with E-state index >= 15 is 0 Å². The van der Waals surface area contributed by atoms with Crippen molar-refractivity contribution in [2.24, 2.45) is 0 Å². The highest BCUT2D eigenvalue weighted by atomic mass is 32.2. The molecule has 1 aromatic heterocycles. The number of nitrogens with two attached hydrogens (primary N) is 1. The first-order valence-electron chi connectivity index (χ1n) is 5.74. The van der Waals surface area contributed by atoms with Gasteiger partial charge in [0.2, 0.25) is 5.91 Å². The average Bonchev–Trinajstić information content (AvgIpc) is 2.60. The number of carbonyl (C=O) groups excluding carboxylic acids is 1. The van der Waals surface area contributed by atoms with Crippen LogP contribution in [0.2, 0.25) is 0 Å². The molecule has 100 valence electrons. The minimum absolute atomic E-state index is 0.0696. The number of nitrogens with one attached hydrogen (secondary N) is 2. The summed E-state index contributed by atoms with van der Waals surface area (Å²) in [7, 11) is -3.34. The van der Waals surface area contributed by atoms with Gasteiger partial charge in [-0.25, -0.2) is 8.42 Å². The van der Waals surface area contributed by atoms with Gasteiger partial charge in [-0.15, -0.1) is 0 Å². The third-order valence-electron chi connectivity index (χ3n) is 3.11. The number of nitrogen functional groups attached to an aromatic ring is 1. The highest BCUT2D eigenvalue weighted by molar-refractivity contribution is 7.92. The minimum Gasteiger partial charge on any atom is -0.394 e. The number of aryl methyl sites for hydroxylation is 1. The maximum Gasteiger partial charge on any atom is 0.243 e. The Hall–Kier alpha value is -1.57. The average molecular weight is 272 g/mol. The van der Waals surface area contributed by atoms with Crippen molar-refractivity contribution in [1.29, 1.82) is 0 Å². The van der Waals surface area contributed by atoms with Crippen LogP contribution in [-0.4, -0.2) is 35.5 Å². The van der Waals surface area contributed by atoms with Gasteiger partial charge in [-0.2, -0.15) is 5.10 Å². The summed E-state index contributed by atoms with van der Waals surface area (Å²) in [6.07, 6.45) is 1.72. The topological polar surface area (TPSA) is 118 Å². The number of aromatic nitrogens is 2. The molecule has 2 heterocycles. The largest absolute Gasteiger partial charge is 0.394 e. The van der Waals surface area contributed by atoms with Crippen LogP contribution in [0.4, 0.5) is 11.5 Å². The van der Waals surface area contributed by atoms with E-state index in [0.717, 1.165) is 6.42 Å². The van der Waals surface area contributed by atoms with E-state index in [-0.39, 0.29) is 11.6 Å². The molecule has 1 aromatic rings. The molecule has 1 unspecified atom stereocenters. The van der Waals surface area contributed by atoms with Gasteiger partial charge in [-0.3, -0.25) is 9.89 Å². The molecule has 4 N–H and O–H groups in total. The van der Waals surface area contributed by atoms with Crippen molar-refractivity contribution in [3.8, 4) is 0 Å². The monoisotopic (exact) mass is 272 g/mol. The Labute approximate surface area is 105 Å². The van der Waals surface area contributed by atoms with E-state index in [1.54, 1.807) is 6.92 Å². The summed E-state index contributed by atoms with van der Waals surface area (Å²) in [5.74, 6) is -0.286. The number of H-pyrrole nitrogens is 1. The second-order valence-electron chi connectivity index (χ2n) is 4.45. The molecule has 2 rings (SSSR count). The minimum atomic E-state index is -3.34. The number of rotatable bonds is 2. The van der Waals surface area contributed by atoms with Gasteiger partial charge in [0.1, 0.15) is 5.25 Å². The van der Waals surface area contributed by atoms with Crippen LogP contribution in [0.1, 0.15) is 25.0 Å². The molecular formula is C10H16N4O3S. The molecule has 1 fully saturated rings. The number of hydrogen-bond acceptors (Lipinski definition) is 5. The second-order valence-corrected chi connectivity index (χ2v) is 6.75. The van der Waals surface area contributed by atoms with Crippen molar-refractivity contribution < 1.29 is 13.2 Å². The quantitative estimate of drug-likeness (QED) is 0.711. The lowest BCUT2D eigenvalue weighted by atomic mass is 10.2. The van der Waals surface area contributed by atoms with Crippen molar-refractivity contribution in [3.63, 3.8) is 0 Å². The van der Waals surface area contributed by atoms with E-state index in [4.69, 9.17) is 5.73 Å². The summed E-state index contributed by atoms with van der Waals surface area (Å²) in [6, 6.07) is 0. The lowest BCUT2D eigenvalue weighted by Gasteiger charge is -2.20. The standard InChI is InChI=1S/C10H16N4O3S/c1-6-8(11)9(14-13-6)12-10(15)7-4-2-3-5-18(7,16)17/h7H,2-5,11H2,1H3,(H2,12,13,14,15). The molecule has 0 radical (unpaired) electrons. The number of carbonyl (C=O) groups is 1. The summed E-state index contributed by atoms with van der Waals surface area (Å²) in [5.41, 5.74) is 6.66. The Morgan fingerprint density at radius 1 is 1.50 bits per heavy atom. The first kappa shape index (κ1) is 12.9. The van der Waals surface area contributed by atoms with E-state index in [1.807, 2.05) is 0 Å². The molecule has 1 saturated heterocycles. The fourth-order valence-corrected chi connectivity index (χ4v) is 3.78. The molecule has 18 heavy (non-hydrogen) atoms. The van der Waals surface area contributed by atoms with Crippen LogP contribution < -0.4 is 11.1 Å². The highest BCUT2D eigenvalue weighted by Crippen LogP contribution is 2.23. The highest BCUT2D eigenvalue weighted by Gasteiger charge is 2.35. The molecule has 7 nitrogen and oxygen atoms in total. The third-order valence-corrected chi connectivity index (χ3v) is 5.28. The zero-order chi connectivity index (χ0) is 13.3. The van der Waals surface area contributed by atoms with E-state index in [1.165, 1.54) is 0 Å². The summed E-state index contributed by atoms with van der Waals surface area (Å²) in [5, 5.41) is 7.94. The van der Waals surface area contributed by atoms with Crippen molar-refractivity contribution in [2.45, 2.75) is 31.4 Å². The Bertz CT molecular complexity index is 564. The predicted molar refractivity (Wildman–Crippen MR) is 67.8 cm³/mol. The fraction of sp³-hybridized carbons (Fsp3) is 0.600. The Morgan fingerprint density at radius 2 is 2.22 bits per heavy atom. The first-order valence-corrected chi connectivity index (χ1v) is 7.46. The summed E-state index contributed by atoms with van der Waals surface area (Å²) in [4.78, 5) is 11.9. The SMILES string of the molecule is Cc1[nH]nc(NC(=O)C2CCCCS2(=O)=O)c1N. The van der Waals surface area contributed by atoms with E-state index in [9.17, 15) is 13.2 Å². The normalized spacial score (nSPS) is 22.6. The van der Waals surface area contributed by atoms with Gasteiger partial charge in [-0.05, 0) is 19.8 Å². The molecule has 1 atom stereocenters. The summed E-state index contributed by atoms with van der Waals surface area (Å²) < 4.78 is 23.6. The molecule has 0 spiro atoms. The molecule has 0 aliphatic carbocycles. The van der Waals surface area contributed by atoms with Crippen LogP contribution >= 0.6 is 0 Å². The fourth-order valence-electron chi connectivity index (χ4n) is 1.98. The zero-order valence-electron chi connectivity index (χ0n) is 10.1. The molecule has 1 amide bonds. The summed E-state index contributed by atoms with van der Waals surface area (Å²) >= 11 is 0. The van der Waals surface area contributed by atoms with Gasteiger partial charge in [0, 0.05) is 0 Å². The predicted octanol–water partition coefficient (Wildman–Crippen LogP) is 0.206. The molecule has 0 bridgehead atoms. The lowest BCUT2D eigenvalue weighted by Crippen LogP contribution is -2.39.